The van der Waals surface area contributed by atoms with Crippen LogP contribution in [0.15, 0.2) is 48.5 Å². The summed E-state index contributed by atoms with van der Waals surface area (Å²) in [6.45, 7) is 4.36. The number of aryl methyl sites for hydroxylation is 1. The normalized spacial score (nSPS) is 10.8. The molecule has 0 aliphatic rings. The molecule has 1 aromatic heterocycles. The van der Waals surface area contributed by atoms with Gasteiger partial charge in [-0.05, 0) is 44.0 Å². The monoisotopic (exact) mass is 399 g/mol. The summed E-state index contributed by atoms with van der Waals surface area (Å²) in [5, 5.41) is 7.40. The third-order valence-corrected chi connectivity index (χ3v) is 4.43. The number of halogens is 2. The largest absolute Gasteiger partial charge is 0.436 e. The van der Waals surface area contributed by atoms with Gasteiger partial charge in [-0.2, -0.15) is 5.10 Å². The second-order valence-corrected chi connectivity index (χ2v) is 6.46. The molecule has 0 saturated heterocycles. The van der Waals surface area contributed by atoms with Crippen LogP contribution in [-0.4, -0.2) is 22.2 Å². The average Bonchev–Trinajstić information content (AvgIpc) is 3.06. The van der Waals surface area contributed by atoms with Gasteiger partial charge in [0.1, 0.15) is 5.82 Å². The van der Waals surface area contributed by atoms with Gasteiger partial charge in [-0.25, -0.2) is 13.5 Å². The van der Waals surface area contributed by atoms with E-state index in [2.05, 4.69) is 10.4 Å². The molecular formula is C22H23F2N3O2. The smallest absolute Gasteiger partial charge is 0.226 e. The molecule has 0 aliphatic carbocycles. The Morgan fingerprint density at radius 3 is 2.55 bits per heavy atom. The summed E-state index contributed by atoms with van der Waals surface area (Å²) in [5.41, 5.74) is 2.23. The Hall–Kier alpha value is -3.22. The van der Waals surface area contributed by atoms with Gasteiger partial charge in [-0.15, -0.1) is 0 Å². The minimum Gasteiger partial charge on any atom is -0.436 e. The first-order chi connectivity index (χ1) is 14.0. The Bertz CT molecular complexity index is 987. The molecule has 0 atom stereocenters. The van der Waals surface area contributed by atoms with Gasteiger partial charge in [-0.1, -0.05) is 25.1 Å². The van der Waals surface area contributed by atoms with E-state index in [-0.39, 0.29) is 18.1 Å². The highest BCUT2D eigenvalue weighted by molar-refractivity contribution is 5.76. The molecule has 0 radical (unpaired) electrons. The summed E-state index contributed by atoms with van der Waals surface area (Å²) in [5.74, 6) is -1.36. The van der Waals surface area contributed by atoms with Crippen LogP contribution in [0.4, 0.5) is 8.78 Å². The van der Waals surface area contributed by atoms with Crippen LogP contribution in [0, 0.1) is 11.6 Å². The van der Waals surface area contributed by atoms with Crippen molar-refractivity contribution in [3.63, 3.8) is 0 Å². The second-order valence-electron chi connectivity index (χ2n) is 6.46. The van der Waals surface area contributed by atoms with Crippen molar-refractivity contribution in [2.75, 3.05) is 6.54 Å². The van der Waals surface area contributed by atoms with Crippen LogP contribution in [0.5, 0.6) is 11.6 Å². The van der Waals surface area contributed by atoms with E-state index in [1.807, 2.05) is 44.2 Å². The maximum absolute atomic E-state index is 14.2. The zero-order valence-corrected chi connectivity index (χ0v) is 16.4. The molecule has 0 saturated carbocycles. The van der Waals surface area contributed by atoms with Crippen molar-refractivity contribution in [2.24, 2.45) is 0 Å². The molecule has 0 fully saturated rings. The van der Waals surface area contributed by atoms with Gasteiger partial charge < -0.3 is 10.1 Å². The summed E-state index contributed by atoms with van der Waals surface area (Å²) in [4.78, 5) is 12.0. The van der Waals surface area contributed by atoms with Crippen molar-refractivity contribution in [3.8, 4) is 17.3 Å². The van der Waals surface area contributed by atoms with Crippen LogP contribution in [0.25, 0.3) is 5.69 Å². The predicted molar refractivity (Wildman–Crippen MR) is 106 cm³/mol. The molecular weight excluding hydrogens is 376 g/mol. The summed E-state index contributed by atoms with van der Waals surface area (Å²) in [6.07, 6.45) is 1.26. The lowest BCUT2D eigenvalue weighted by atomic mass is 10.1. The van der Waals surface area contributed by atoms with Crippen molar-refractivity contribution in [2.45, 2.75) is 33.1 Å². The number of benzene rings is 2. The van der Waals surface area contributed by atoms with Crippen molar-refractivity contribution >= 4 is 5.91 Å². The number of hydrogen-bond acceptors (Lipinski definition) is 3. The number of rotatable bonds is 8. The molecule has 0 unspecified atom stereocenters. The molecule has 1 heterocycles. The standard InChI is InChI=1S/C22H23F2N3O2/c1-3-19-17(11-13-21(28)25-4-2)22(27(26-19)16-8-6-5-7-9-16)29-20-12-10-15(23)14-18(20)24/h5-10,12,14H,3-4,11,13H2,1-2H3,(H,25,28). The predicted octanol–water partition coefficient (Wildman–Crippen LogP) is 4.57. The lowest BCUT2D eigenvalue weighted by Gasteiger charge is -2.12. The minimum atomic E-state index is -0.807. The van der Waals surface area contributed by atoms with E-state index in [1.54, 1.807) is 4.68 Å². The van der Waals surface area contributed by atoms with Crippen LogP contribution >= 0.6 is 0 Å². The van der Waals surface area contributed by atoms with E-state index in [0.29, 0.717) is 25.3 Å². The van der Waals surface area contributed by atoms with E-state index in [1.165, 1.54) is 6.07 Å². The maximum atomic E-state index is 14.2. The van der Waals surface area contributed by atoms with Crippen LogP contribution in [0.1, 0.15) is 31.5 Å². The lowest BCUT2D eigenvalue weighted by molar-refractivity contribution is -0.120. The third kappa shape index (κ3) is 4.80. The molecule has 29 heavy (non-hydrogen) atoms. The summed E-state index contributed by atoms with van der Waals surface area (Å²) < 4.78 is 35.0. The van der Waals surface area contributed by atoms with Gasteiger partial charge in [0, 0.05) is 24.6 Å². The summed E-state index contributed by atoms with van der Waals surface area (Å²) in [7, 11) is 0. The number of amides is 1. The number of para-hydroxylation sites is 1. The highest BCUT2D eigenvalue weighted by atomic mass is 19.1. The number of nitrogens with one attached hydrogen (secondary N) is 1. The van der Waals surface area contributed by atoms with Gasteiger partial charge in [-0.3, -0.25) is 4.79 Å². The highest BCUT2D eigenvalue weighted by Gasteiger charge is 2.22. The number of nitrogens with zero attached hydrogens (tertiary/aromatic N) is 2. The van der Waals surface area contributed by atoms with Crippen molar-refractivity contribution in [3.05, 3.63) is 71.4 Å². The van der Waals surface area contributed by atoms with E-state index in [0.717, 1.165) is 29.1 Å². The van der Waals surface area contributed by atoms with Gasteiger partial charge in [0.15, 0.2) is 11.6 Å². The van der Waals surface area contributed by atoms with E-state index in [9.17, 15) is 13.6 Å². The minimum absolute atomic E-state index is 0.0825. The van der Waals surface area contributed by atoms with Crippen LogP contribution in [-0.2, 0) is 17.6 Å². The first kappa shape index (κ1) is 20.5. The van der Waals surface area contributed by atoms with Crippen LogP contribution in [0.2, 0.25) is 0 Å². The van der Waals surface area contributed by atoms with E-state index < -0.39 is 11.6 Å². The molecule has 1 N–H and O–H groups in total. The highest BCUT2D eigenvalue weighted by Crippen LogP contribution is 2.33. The first-order valence-electron chi connectivity index (χ1n) is 9.59. The zero-order chi connectivity index (χ0) is 20.8. The molecule has 0 bridgehead atoms. The Morgan fingerprint density at radius 1 is 1.14 bits per heavy atom. The summed E-state index contributed by atoms with van der Waals surface area (Å²) >= 11 is 0. The summed E-state index contributed by atoms with van der Waals surface area (Å²) in [6, 6.07) is 12.5. The molecule has 1 amide bonds. The Labute approximate surface area is 168 Å². The zero-order valence-electron chi connectivity index (χ0n) is 16.4. The number of carbonyl (C=O) groups is 1. The van der Waals surface area contributed by atoms with E-state index >= 15 is 0 Å². The fourth-order valence-corrected chi connectivity index (χ4v) is 3.05. The van der Waals surface area contributed by atoms with Crippen LogP contribution in [0.3, 0.4) is 0 Å². The quantitative estimate of drug-likeness (QED) is 0.604. The number of carbonyl (C=O) groups excluding carboxylic acids is 1. The van der Waals surface area contributed by atoms with Crippen LogP contribution < -0.4 is 10.1 Å². The number of hydrogen-bond donors (Lipinski definition) is 1. The molecule has 3 rings (SSSR count). The van der Waals surface area contributed by atoms with E-state index in [4.69, 9.17) is 4.74 Å². The molecule has 0 aliphatic heterocycles. The SMILES string of the molecule is CCNC(=O)CCc1c(CC)nn(-c2ccccc2)c1Oc1ccc(F)cc1F. The van der Waals surface area contributed by atoms with Gasteiger partial charge in [0.25, 0.3) is 0 Å². The molecule has 3 aromatic rings. The van der Waals surface area contributed by atoms with Crippen molar-refractivity contribution in [1.82, 2.24) is 15.1 Å². The average molecular weight is 399 g/mol. The van der Waals surface area contributed by atoms with Crippen molar-refractivity contribution in [1.29, 1.82) is 0 Å². The second kappa shape index (κ2) is 9.32. The Morgan fingerprint density at radius 2 is 1.90 bits per heavy atom. The number of ether oxygens (including phenoxy) is 1. The molecule has 7 heteroatoms. The Kier molecular flexibility index (Phi) is 6.59. The Balaban J connectivity index is 2.05. The fraction of sp³-hybridized carbons (Fsp3) is 0.273. The maximum Gasteiger partial charge on any atom is 0.226 e. The van der Waals surface area contributed by atoms with Gasteiger partial charge in [0.05, 0.1) is 11.4 Å². The number of aromatic nitrogens is 2. The first-order valence-corrected chi connectivity index (χ1v) is 9.59. The molecule has 5 nitrogen and oxygen atoms in total. The molecule has 2 aromatic carbocycles. The van der Waals surface area contributed by atoms with Gasteiger partial charge in [0.2, 0.25) is 11.8 Å². The topological polar surface area (TPSA) is 56.2 Å². The lowest BCUT2D eigenvalue weighted by Crippen LogP contribution is -2.22. The van der Waals surface area contributed by atoms with Gasteiger partial charge >= 0.3 is 0 Å². The third-order valence-electron chi connectivity index (χ3n) is 4.43. The molecule has 152 valence electrons. The fourth-order valence-electron chi connectivity index (χ4n) is 3.05. The molecule has 0 spiro atoms. The van der Waals surface area contributed by atoms with Crippen molar-refractivity contribution < 1.29 is 18.3 Å².